The van der Waals surface area contributed by atoms with E-state index in [1.54, 1.807) is 28.9 Å². The van der Waals surface area contributed by atoms with E-state index >= 15 is 0 Å². The lowest BCUT2D eigenvalue weighted by Crippen LogP contribution is -2.54. The molecule has 2 aliphatic heterocycles. The molecule has 0 aromatic heterocycles. The van der Waals surface area contributed by atoms with Crippen LogP contribution in [0.4, 0.5) is 4.79 Å². The quantitative estimate of drug-likeness (QED) is 0.710. The lowest BCUT2D eigenvalue weighted by Gasteiger charge is -2.38. The average Bonchev–Trinajstić information content (AvgIpc) is 2.74. The van der Waals surface area contributed by atoms with Crippen LogP contribution in [0.25, 0.3) is 0 Å². The van der Waals surface area contributed by atoms with E-state index in [2.05, 4.69) is 0 Å². The van der Waals surface area contributed by atoms with E-state index in [4.69, 9.17) is 16.3 Å². The van der Waals surface area contributed by atoms with Gasteiger partial charge in [-0.2, -0.15) is 4.31 Å². The van der Waals surface area contributed by atoms with Gasteiger partial charge in [0.1, 0.15) is 0 Å². The molecule has 3 rings (SSSR count). The second-order valence-electron chi connectivity index (χ2n) is 7.17. The third kappa shape index (κ3) is 5.02. The molecule has 2 aliphatic rings. The molecule has 0 saturated carbocycles. The number of amides is 2. The molecule has 29 heavy (non-hydrogen) atoms. The summed E-state index contributed by atoms with van der Waals surface area (Å²) in [6.45, 7) is 4.33. The van der Waals surface area contributed by atoms with Crippen LogP contribution in [0.15, 0.2) is 29.2 Å². The average molecular weight is 444 g/mol. The number of hydrogen-bond acceptors (Lipinski definition) is 5. The summed E-state index contributed by atoms with van der Waals surface area (Å²) in [5.41, 5.74) is 0. The zero-order valence-corrected chi connectivity index (χ0v) is 18.0. The molecule has 1 aromatic rings. The van der Waals surface area contributed by atoms with E-state index in [9.17, 15) is 18.0 Å². The molecular weight excluding hydrogens is 418 g/mol. The summed E-state index contributed by atoms with van der Waals surface area (Å²) in [5, 5.41) is 0.470. The Kier molecular flexibility index (Phi) is 7.02. The Balaban J connectivity index is 1.61. The van der Waals surface area contributed by atoms with Gasteiger partial charge in [0.25, 0.3) is 0 Å². The number of rotatable bonds is 4. The maximum Gasteiger partial charge on any atom is 0.409 e. The van der Waals surface area contributed by atoms with Gasteiger partial charge in [0, 0.05) is 44.3 Å². The first kappa shape index (κ1) is 21.9. The predicted molar refractivity (Wildman–Crippen MR) is 108 cm³/mol. The first-order valence-electron chi connectivity index (χ1n) is 9.79. The Hall–Kier alpha value is -1.84. The largest absolute Gasteiger partial charge is 0.450 e. The number of carbonyl (C=O) groups excluding carboxylic acids is 2. The second-order valence-corrected chi connectivity index (χ2v) is 9.54. The molecule has 2 saturated heterocycles. The number of ether oxygens (including phenoxy) is 1. The summed E-state index contributed by atoms with van der Waals surface area (Å²) < 4.78 is 32.2. The van der Waals surface area contributed by atoms with Crippen molar-refractivity contribution < 1.29 is 22.7 Å². The second kappa shape index (κ2) is 9.32. The van der Waals surface area contributed by atoms with Gasteiger partial charge in [-0.1, -0.05) is 11.6 Å². The zero-order chi connectivity index (χ0) is 21.0. The molecule has 0 N–H and O–H groups in total. The summed E-state index contributed by atoms with van der Waals surface area (Å²) in [5.74, 6) is -0.426. The van der Waals surface area contributed by atoms with E-state index < -0.39 is 10.0 Å². The molecule has 0 spiro atoms. The first-order valence-corrected chi connectivity index (χ1v) is 11.6. The number of halogens is 1. The molecule has 0 radical (unpaired) electrons. The minimum atomic E-state index is -3.67. The third-order valence-corrected chi connectivity index (χ3v) is 7.43. The minimum Gasteiger partial charge on any atom is -0.450 e. The van der Waals surface area contributed by atoms with Gasteiger partial charge in [-0.25, -0.2) is 13.2 Å². The number of nitrogens with zero attached hydrogens (tertiary/aromatic N) is 3. The van der Waals surface area contributed by atoms with Gasteiger partial charge >= 0.3 is 6.09 Å². The van der Waals surface area contributed by atoms with E-state index in [0.717, 1.165) is 0 Å². The minimum absolute atomic E-state index is 0.0514. The molecule has 2 amide bonds. The van der Waals surface area contributed by atoms with Crippen LogP contribution in [-0.4, -0.2) is 80.4 Å². The van der Waals surface area contributed by atoms with Crippen LogP contribution < -0.4 is 0 Å². The number of carbonyl (C=O) groups is 2. The van der Waals surface area contributed by atoms with E-state index in [0.29, 0.717) is 57.2 Å². The highest BCUT2D eigenvalue weighted by molar-refractivity contribution is 7.89. The highest BCUT2D eigenvalue weighted by Gasteiger charge is 2.36. The van der Waals surface area contributed by atoms with E-state index in [1.165, 1.54) is 16.4 Å². The summed E-state index contributed by atoms with van der Waals surface area (Å²) in [4.78, 5) is 28.3. The van der Waals surface area contributed by atoms with Crippen molar-refractivity contribution in [3.05, 3.63) is 29.3 Å². The zero-order valence-electron chi connectivity index (χ0n) is 16.4. The first-order chi connectivity index (χ1) is 13.8. The van der Waals surface area contributed by atoms with Crippen LogP contribution in [0.5, 0.6) is 0 Å². The Morgan fingerprint density at radius 3 is 2.31 bits per heavy atom. The van der Waals surface area contributed by atoms with Crippen molar-refractivity contribution >= 4 is 33.6 Å². The van der Waals surface area contributed by atoms with Crippen molar-refractivity contribution in [1.82, 2.24) is 14.1 Å². The summed E-state index contributed by atoms with van der Waals surface area (Å²) >= 11 is 5.85. The molecule has 2 heterocycles. The van der Waals surface area contributed by atoms with Crippen molar-refractivity contribution in [1.29, 1.82) is 0 Å². The smallest absolute Gasteiger partial charge is 0.409 e. The van der Waals surface area contributed by atoms with Crippen molar-refractivity contribution in [2.24, 2.45) is 5.92 Å². The summed E-state index contributed by atoms with van der Waals surface area (Å²) in [6.07, 6.45) is 0.924. The van der Waals surface area contributed by atoms with Crippen LogP contribution in [0.3, 0.4) is 0 Å². The number of hydrogen-bond donors (Lipinski definition) is 0. The Bertz CT molecular complexity index is 838. The molecule has 8 nitrogen and oxygen atoms in total. The topological polar surface area (TPSA) is 87.2 Å². The fraction of sp³-hybridized carbons (Fsp3) is 0.579. The van der Waals surface area contributed by atoms with Crippen LogP contribution in [0.1, 0.15) is 19.8 Å². The van der Waals surface area contributed by atoms with Gasteiger partial charge in [0.2, 0.25) is 15.9 Å². The Morgan fingerprint density at radius 1 is 1.07 bits per heavy atom. The molecule has 10 heteroatoms. The summed E-state index contributed by atoms with van der Waals surface area (Å²) in [6, 6.07) is 6.06. The molecule has 160 valence electrons. The van der Waals surface area contributed by atoms with E-state index in [-0.39, 0.29) is 29.4 Å². The maximum atomic E-state index is 13.0. The number of sulfonamides is 1. The highest BCUT2D eigenvalue weighted by atomic mass is 35.5. The van der Waals surface area contributed by atoms with Gasteiger partial charge < -0.3 is 14.5 Å². The lowest BCUT2D eigenvalue weighted by molar-refractivity contribution is -0.138. The maximum absolute atomic E-state index is 13.0. The standard InChI is InChI=1S/C19H26ClN3O5S/c1-2-28-19(25)22-12-10-21(11-13-22)18(24)15-4-3-9-23(14-15)29(26,27)17-7-5-16(20)6-8-17/h5-8,15H,2-4,9-14H2,1H3. The van der Waals surface area contributed by atoms with E-state index in [1.807, 2.05) is 0 Å². The van der Waals surface area contributed by atoms with Crippen LogP contribution >= 0.6 is 11.6 Å². The van der Waals surface area contributed by atoms with Gasteiger partial charge in [0.05, 0.1) is 17.4 Å². The van der Waals surface area contributed by atoms with Gasteiger partial charge in [0.15, 0.2) is 0 Å². The van der Waals surface area contributed by atoms with Crippen molar-refractivity contribution in [3.8, 4) is 0 Å². The third-order valence-electron chi connectivity index (χ3n) is 5.30. The Labute approximate surface area is 176 Å². The van der Waals surface area contributed by atoms with Crippen molar-refractivity contribution in [2.75, 3.05) is 45.9 Å². The molecule has 0 bridgehead atoms. The van der Waals surface area contributed by atoms with Gasteiger partial charge in [-0.3, -0.25) is 4.79 Å². The van der Waals surface area contributed by atoms with Gasteiger partial charge in [-0.15, -0.1) is 0 Å². The fourth-order valence-electron chi connectivity index (χ4n) is 3.70. The van der Waals surface area contributed by atoms with Crippen LogP contribution in [0.2, 0.25) is 5.02 Å². The van der Waals surface area contributed by atoms with Crippen LogP contribution in [-0.2, 0) is 19.6 Å². The monoisotopic (exact) mass is 443 g/mol. The van der Waals surface area contributed by atoms with Crippen LogP contribution in [0, 0.1) is 5.92 Å². The fourth-order valence-corrected chi connectivity index (χ4v) is 5.35. The van der Waals surface area contributed by atoms with Gasteiger partial charge in [-0.05, 0) is 44.0 Å². The number of piperazine rings is 1. The Morgan fingerprint density at radius 2 is 1.69 bits per heavy atom. The van der Waals surface area contributed by atoms with Crippen molar-refractivity contribution in [2.45, 2.75) is 24.7 Å². The lowest BCUT2D eigenvalue weighted by atomic mass is 9.98. The molecular formula is C19H26ClN3O5S. The molecule has 1 atom stereocenters. The predicted octanol–water partition coefficient (Wildman–Crippen LogP) is 2.04. The molecule has 1 unspecified atom stereocenters. The molecule has 0 aliphatic carbocycles. The molecule has 1 aromatic carbocycles. The number of piperidine rings is 1. The normalized spacial score (nSPS) is 21.1. The highest BCUT2D eigenvalue weighted by Crippen LogP contribution is 2.26. The number of benzene rings is 1. The molecule has 2 fully saturated rings. The summed E-state index contributed by atoms with van der Waals surface area (Å²) in [7, 11) is -3.67. The van der Waals surface area contributed by atoms with Crippen molar-refractivity contribution in [3.63, 3.8) is 0 Å². The SMILES string of the molecule is CCOC(=O)N1CCN(C(=O)C2CCCN(S(=O)(=O)c3ccc(Cl)cc3)C2)CC1.